The van der Waals surface area contributed by atoms with Gasteiger partial charge in [0.1, 0.15) is 17.3 Å². The first kappa shape index (κ1) is 13.7. The van der Waals surface area contributed by atoms with Crippen LogP contribution in [0, 0.1) is 23.0 Å². The first-order valence-corrected chi connectivity index (χ1v) is 5.83. The summed E-state index contributed by atoms with van der Waals surface area (Å²) in [5.41, 5.74) is -0.0853. The van der Waals surface area contributed by atoms with Crippen LogP contribution >= 0.6 is 0 Å². The van der Waals surface area contributed by atoms with Gasteiger partial charge in [0.2, 0.25) is 5.91 Å². The van der Waals surface area contributed by atoms with Crippen LogP contribution in [0.4, 0.5) is 14.5 Å². The lowest BCUT2D eigenvalue weighted by Crippen LogP contribution is -2.21. The zero-order valence-corrected chi connectivity index (χ0v) is 10.3. The number of halogens is 2. The van der Waals surface area contributed by atoms with Gasteiger partial charge >= 0.3 is 0 Å². The number of nitriles is 1. The van der Waals surface area contributed by atoms with Gasteiger partial charge in [-0.25, -0.2) is 8.78 Å². The van der Waals surface area contributed by atoms with Crippen molar-refractivity contribution in [2.45, 2.75) is 5.92 Å². The van der Waals surface area contributed by atoms with Crippen LogP contribution in [-0.2, 0) is 4.79 Å². The van der Waals surface area contributed by atoms with Gasteiger partial charge in [-0.2, -0.15) is 5.26 Å². The van der Waals surface area contributed by atoms with E-state index in [4.69, 9.17) is 5.26 Å². The van der Waals surface area contributed by atoms with E-state index >= 15 is 0 Å². The van der Waals surface area contributed by atoms with E-state index in [1.807, 2.05) is 6.07 Å². The molecule has 0 aliphatic heterocycles. The van der Waals surface area contributed by atoms with Crippen LogP contribution in [0.15, 0.2) is 48.5 Å². The third-order valence-electron chi connectivity index (χ3n) is 2.74. The van der Waals surface area contributed by atoms with Crippen molar-refractivity contribution < 1.29 is 13.6 Å². The number of carbonyl (C=O) groups excluding carboxylic acids is 1. The highest BCUT2D eigenvalue weighted by molar-refractivity contribution is 5.97. The van der Waals surface area contributed by atoms with Crippen molar-refractivity contribution in [3.05, 3.63) is 65.7 Å². The van der Waals surface area contributed by atoms with E-state index in [2.05, 4.69) is 5.32 Å². The summed E-state index contributed by atoms with van der Waals surface area (Å²) in [6, 6.07) is 13.4. The Labute approximate surface area is 114 Å². The minimum Gasteiger partial charge on any atom is -0.320 e. The molecule has 1 amide bonds. The quantitative estimate of drug-likeness (QED) is 0.932. The second kappa shape index (κ2) is 5.93. The van der Waals surface area contributed by atoms with E-state index in [9.17, 15) is 13.6 Å². The monoisotopic (exact) mass is 272 g/mol. The van der Waals surface area contributed by atoms with Gasteiger partial charge in [-0.05, 0) is 17.7 Å². The van der Waals surface area contributed by atoms with Crippen LogP contribution in [0.1, 0.15) is 11.5 Å². The Bertz CT molecular complexity index is 645. The summed E-state index contributed by atoms with van der Waals surface area (Å²) < 4.78 is 26.9. The number of benzene rings is 2. The number of amides is 1. The van der Waals surface area contributed by atoms with Crippen molar-refractivity contribution in [2.75, 3.05) is 5.32 Å². The maximum absolute atomic E-state index is 13.4. The minimum atomic E-state index is -1.13. The highest BCUT2D eigenvalue weighted by Crippen LogP contribution is 2.21. The molecule has 0 aliphatic carbocycles. The summed E-state index contributed by atoms with van der Waals surface area (Å²) in [7, 11) is 0. The van der Waals surface area contributed by atoms with E-state index in [1.165, 1.54) is 6.07 Å². The van der Waals surface area contributed by atoms with Gasteiger partial charge in [0.25, 0.3) is 0 Å². The summed E-state index contributed by atoms with van der Waals surface area (Å²) in [6.45, 7) is 0. The van der Waals surface area contributed by atoms with Gasteiger partial charge < -0.3 is 5.32 Å². The molecule has 0 radical (unpaired) electrons. The second-order valence-electron chi connectivity index (χ2n) is 4.06. The molecular weight excluding hydrogens is 262 g/mol. The first-order valence-electron chi connectivity index (χ1n) is 5.83. The molecule has 0 aromatic heterocycles. The summed E-state index contributed by atoms with van der Waals surface area (Å²) >= 11 is 0. The Morgan fingerprint density at radius 2 is 1.65 bits per heavy atom. The molecule has 0 saturated carbocycles. The molecule has 3 nitrogen and oxygen atoms in total. The largest absolute Gasteiger partial charge is 0.320 e. The minimum absolute atomic E-state index is 0.462. The molecule has 1 N–H and O–H groups in total. The Kier molecular flexibility index (Phi) is 4.06. The number of anilines is 1. The molecule has 100 valence electrons. The molecule has 2 aromatic carbocycles. The molecule has 2 aromatic rings. The van der Waals surface area contributed by atoms with E-state index in [0.29, 0.717) is 5.56 Å². The standard InChI is InChI=1S/C15H10F2N2O/c16-12-7-4-8-13(17)14(12)19-15(20)11(9-18)10-5-2-1-3-6-10/h1-8,11H,(H,19,20). The Hall–Kier alpha value is -2.74. The predicted octanol–water partition coefficient (Wildman–Crippen LogP) is 3.21. The van der Waals surface area contributed by atoms with Gasteiger partial charge in [0.05, 0.1) is 6.07 Å². The number of hydrogen-bond donors (Lipinski definition) is 1. The van der Waals surface area contributed by atoms with Crippen LogP contribution in [0.5, 0.6) is 0 Å². The van der Waals surface area contributed by atoms with Crippen molar-refractivity contribution in [3.8, 4) is 6.07 Å². The number of nitrogens with one attached hydrogen (secondary N) is 1. The van der Waals surface area contributed by atoms with Crippen molar-refractivity contribution in [2.24, 2.45) is 0 Å². The summed E-state index contributed by atoms with van der Waals surface area (Å²) in [5.74, 6) is -3.68. The molecule has 1 atom stereocenters. The molecule has 0 bridgehead atoms. The molecule has 0 aliphatic rings. The highest BCUT2D eigenvalue weighted by atomic mass is 19.1. The third-order valence-corrected chi connectivity index (χ3v) is 2.74. The molecule has 0 fully saturated rings. The van der Waals surface area contributed by atoms with Crippen LogP contribution in [0.3, 0.4) is 0 Å². The van der Waals surface area contributed by atoms with Crippen LogP contribution < -0.4 is 5.32 Å². The molecule has 5 heteroatoms. The fourth-order valence-electron chi connectivity index (χ4n) is 1.74. The molecule has 0 spiro atoms. The number of carbonyl (C=O) groups is 1. The highest BCUT2D eigenvalue weighted by Gasteiger charge is 2.22. The van der Waals surface area contributed by atoms with E-state index in [1.54, 1.807) is 30.3 Å². The average Bonchev–Trinajstić information content (AvgIpc) is 2.45. The molecular formula is C15H10F2N2O. The zero-order valence-electron chi connectivity index (χ0n) is 10.3. The fraction of sp³-hybridized carbons (Fsp3) is 0.0667. The van der Waals surface area contributed by atoms with E-state index in [-0.39, 0.29) is 0 Å². The number of rotatable bonds is 3. The lowest BCUT2D eigenvalue weighted by molar-refractivity contribution is -0.116. The Morgan fingerprint density at radius 1 is 1.05 bits per heavy atom. The summed E-state index contributed by atoms with van der Waals surface area (Å²) in [4.78, 5) is 12.0. The smallest absolute Gasteiger partial charge is 0.246 e. The maximum atomic E-state index is 13.4. The summed E-state index contributed by atoms with van der Waals surface area (Å²) in [5, 5.41) is 11.2. The average molecular weight is 272 g/mol. The second-order valence-corrected chi connectivity index (χ2v) is 4.06. The number of para-hydroxylation sites is 1. The van der Waals surface area contributed by atoms with Gasteiger partial charge in [-0.15, -0.1) is 0 Å². The van der Waals surface area contributed by atoms with Crippen molar-refractivity contribution in [3.63, 3.8) is 0 Å². The van der Waals surface area contributed by atoms with Gasteiger partial charge in [0.15, 0.2) is 5.92 Å². The normalized spacial score (nSPS) is 11.4. The number of hydrogen-bond acceptors (Lipinski definition) is 2. The van der Waals surface area contributed by atoms with Gasteiger partial charge in [-0.3, -0.25) is 4.79 Å². The van der Waals surface area contributed by atoms with E-state index in [0.717, 1.165) is 12.1 Å². The third kappa shape index (κ3) is 2.81. The van der Waals surface area contributed by atoms with E-state index < -0.39 is 29.1 Å². The fourth-order valence-corrected chi connectivity index (χ4v) is 1.74. The van der Waals surface area contributed by atoms with Gasteiger partial charge in [-0.1, -0.05) is 36.4 Å². The molecule has 20 heavy (non-hydrogen) atoms. The van der Waals surface area contributed by atoms with Crippen LogP contribution in [-0.4, -0.2) is 5.91 Å². The van der Waals surface area contributed by atoms with Gasteiger partial charge in [0, 0.05) is 0 Å². The van der Waals surface area contributed by atoms with Crippen molar-refractivity contribution in [1.82, 2.24) is 0 Å². The first-order chi connectivity index (χ1) is 9.63. The predicted molar refractivity (Wildman–Crippen MR) is 69.8 cm³/mol. The lowest BCUT2D eigenvalue weighted by Gasteiger charge is -2.11. The molecule has 0 saturated heterocycles. The lowest BCUT2D eigenvalue weighted by atomic mass is 10.00. The zero-order chi connectivity index (χ0) is 14.5. The topological polar surface area (TPSA) is 52.9 Å². The van der Waals surface area contributed by atoms with Crippen molar-refractivity contribution in [1.29, 1.82) is 5.26 Å². The molecule has 2 rings (SSSR count). The Morgan fingerprint density at radius 3 is 2.20 bits per heavy atom. The van der Waals surface area contributed by atoms with Crippen LogP contribution in [0.2, 0.25) is 0 Å². The number of nitrogens with zero attached hydrogens (tertiary/aromatic N) is 1. The molecule has 1 unspecified atom stereocenters. The Balaban J connectivity index is 2.26. The van der Waals surface area contributed by atoms with Crippen molar-refractivity contribution >= 4 is 11.6 Å². The van der Waals surface area contributed by atoms with Crippen LogP contribution in [0.25, 0.3) is 0 Å². The molecule has 0 heterocycles. The maximum Gasteiger partial charge on any atom is 0.246 e. The SMILES string of the molecule is N#CC(C(=O)Nc1c(F)cccc1F)c1ccccc1. The summed E-state index contributed by atoms with van der Waals surface area (Å²) in [6.07, 6.45) is 0.